The van der Waals surface area contributed by atoms with Gasteiger partial charge in [-0.25, -0.2) is 21.6 Å². The molecule has 128 valence electrons. The van der Waals surface area contributed by atoms with Crippen molar-refractivity contribution in [1.29, 1.82) is 0 Å². The van der Waals surface area contributed by atoms with Crippen molar-refractivity contribution >= 4 is 37.1 Å². The molecule has 0 aliphatic carbocycles. The van der Waals surface area contributed by atoms with Crippen LogP contribution in [0.2, 0.25) is 0 Å². The minimum atomic E-state index is -4.00. The van der Waals surface area contributed by atoms with Crippen molar-refractivity contribution < 1.29 is 21.6 Å². The molecule has 3 aromatic rings. The summed E-state index contributed by atoms with van der Waals surface area (Å²) >= 11 is 1.17. The molecule has 0 radical (unpaired) electrons. The zero-order valence-corrected chi connectivity index (χ0v) is 14.0. The van der Waals surface area contributed by atoms with E-state index < -0.39 is 28.8 Å². The van der Waals surface area contributed by atoms with E-state index in [4.69, 9.17) is 0 Å². The third kappa shape index (κ3) is 3.11. The first kappa shape index (κ1) is 16.8. The maximum absolute atomic E-state index is 13.4. The van der Waals surface area contributed by atoms with Crippen molar-refractivity contribution in [3.05, 3.63) is 41.3 Å². The molecule has 2 heterocycles. The number of thiophene rings is 1. The number of hydrogen-bond donors (Lipinski definition) is 1. The van der Waals surface area contributed by atoms with Gasteiger partial charge in [-0.1, -0.05) is 0 Å². The first-order chi connectivity index (χ1) is 11.3. The molecule has 24 heavy (non-hydrogen) atoms. The molecule has 10 heteroatoms. The average Bonchev–Trinajstić information content (AvgIpc) is 3.05. The fraction of sp³-hybridized carbons (Fsp3) is 0.214. The molecule has 0 atom stereocenters. The first-order valence-electron chi connectivity index (χ1n) is 6.78. The number of fused-ring (bicyclic) bond motifs is 1. The van der Waals surface area contributed by atoms with Crippen LogP contribution in [-0.2, 0) is 16.6 Å². The van der Waals surface area contributed by atoms with Gasteiger partial charge >= 0.3 is 0 Å². The van der Waals surface area contributed by atoms with Gasteiger partial charge in [0.05, 0.1) is 17.6 Å². The van der Waals surface area contributed by atoms with E-state index in [-0.39, 0.29) is 21.7 Å². The summed E-state index contributed by atoms with van der Waals surface area (Å²) in [6.45, 7) is 0.860. The second-order valence-electron chi connectivity index (χ2n) is 5.06. The van der Waals surface area contributed by atoms with Gasteiger partial charge in [0, 0.05) is 15.5 Å². The summed E-state index contributed by atoms with van der Waals surface area (Å²) < 4.78 is 67.4. The second-order valence-corrected chi connectivity index (χ2v) is 7.62. The lowest BCUT2D eigenvalue weighted by Crippen LogP contribution is -2.14. The van der Waals surface area contributed by atoms with Crippen LogP contribution in [0.15, 0.2) is 34.7 Å². The Kier molecular flexibility index (Phi) is 4.26. The van der Waals surface area contributed by atoms with Crippen LogP contribution in [-0.4, -0.2) is 24.6 Å². The van der Waals surface area contributed by atoms with Crippen molar-refractivity contribution in [3.63, 3.8) is 0 Å². The normalized spacial score (nSPS) is 12.2. The lowest BCUT2D eigenvalue weighted by Gasteiger charge is -2.08. The highest BCUT2D eigenvalue weighted by atomic mass is 32.2. The topological polar surface area (TPSA) is 64.0 Å². The van der Waals surface area contributed by atoms with Crippen LogP contribution in [0.25, 0.3) is 10.1 Å². The summed E-state index contributed by atoms with van der Waals surface area (Å²) in [6, 6.07) is 3.90. The van der Waals surface area contributed by atoms with Gasteiger partial charge in [-0.15, -0.1) is 11.3 Å². The number of nitrogens with zero attached hydrogens (tertiary/aromatic N) is 2. The van der Waals surface area contributed by atoms with Crippen LogP contribution in [0, 0.1) is 12.7 Å². The number of alkyl halides is 2. The largest absolute Gasteiger partial charge is 0.276 e. The van der Waals surface area contributed by atoms with E-state index in [2.05, 4.69) is 9.82 Å². The van der Waals surface area contributed by atoms with Gasteiger partial charge in [0.2, 0.25) is 0 Å². The van der Waals surface area contributed by atoms with Crippen molar-refractivity contribution in [2.75, 3.05) is 4.72 Å². The van der Waals surface area contributed by atoms with Gasteiger partial charge in [0.25, 0.3) is 16.4 Å². The van der Waals surface area contributed by atoms with E-state index in [0.29, 0.717) is 4.70 Å². The van der Waals surface area contributed by atoms with Crippen LogP contribution in [0.4, 0.5) is 18.9 Å². The molecular weight excluding hydrogens is 363 g/mol. The van der Waals surface area contributed by atoms with Crippen molar-refractivity contribution in [3.8, 4) is 0 Å². The van der Waals surface area contributed by atoms with Gasteiger partial charge in [-0.3, -0.25) is 9.40 Å². The Morgan fingerprint density at radius 2 is 2.12 bits per heavy atom. The third-order valence-corrected chi connectivity index (χ3v) is 5.97. The molecule has 0 bridgehead atoms. The summed E-state index contributed by atoms with van der Waals surface area (Å²) in [6.07, 6.45) is -1.43. The third-order valence-electron chi connectivity index (χ3n) is 3.45. The summed E-state index contributed by atoms with van der Waals surface area (Å²) in [7, 11) is -4.00. The van der Waals surface area contributed by atoms with Crippen LogP contribution in [0.1, 0.15) is 5.69 Å². The molecule has 0 amide bonds. The van der Waals surface area contributed by atoms with Crippen molar-refractivity contribution in [2.24, 2.45) is 0 Å². The summed E-state index contributed by atoms with van der Waals surface area (Å²) in [4.78, 5) is -0.0667. The molecular formula is C14H12F3N3O2S2. The predicted octanol–water partition coefficient (Wildman–Crippen LogP) is 3.61. The molecule has 2 aromatic heterocycles. The van der Waals surface area contributed by atoms with Crippen LogP contribution in [0.3, 0.4) is 0 Å². The first-order valence-corrected chi connectivity index (χ1v) is 9.14. The van der Waals surface area contributed by atoms with Gasteiger partial charge in [0.1, 0.15) is 17.3 Å². The number of halogens is 3. The van der Waals surface area contributed by atoms with Gasteiger partial charge in [-0.2, -0.15) is 5.10 Å². The van der Waals surface area contributed by atoms with E-state index in [0.717, 1.165) is 10.7 Å². The van der Waals surface area contributed by atoms with Gasteiger partial charge in [0.15, 0.2) is 0 Å². The highest BCUT2D eigenvalue weighted by Gasteiger charge is 2.22. The molecule has 0 unspecified atom stereocenters. The molecule has 0 spiro atoms. The minimum Gasteiger partial charge on any atom is -0.276 e. The van der Waals surface area contributed by atoms with E-state index >= 15 is 0 Å². The molecule has 0 aliphatic heterocycles. The smallest absolute Gasteiger partial charge is 0.263 e. The highest BCUT2D eigenvalue weighted by molar-refractivity contribution is 7.93. The Labute approximate surface area is 139 Å². The molecule has 1 aromatic carbocycles. The number of nitrogens with one attached hydrogen (secondary N) is 1. The van der Waals surface area contributed by atoms with Crippen LogP contribution < -0.4 is 4.72 Å². The van der Waals surface area contributed by atoms with E-state index in [1.54, 1.807) is 0 Å². The fourth-order valence-electron chi connectivity index (χ4n) is 2.25. The summed E-state index contributed by atoms with van der Waals surface area (Å²) in [5.74, 6) is -0.543. The molecule has 0 fully saturated rings. The molecule has 1 N–H and O–H groups in total. The van der Waals surface area contributed by atoms with Gasteiger partial charge in [-0.05, 0) is 25.1 Å². The standard InChI is InChI=1S/C14H12F3N3O2S2/c1-8-11(5-18-20(8)6-14(16)17)19-24(21,22)13-7-23-12-3-2-9(15)4-10(12)13/h2-5,7,14,19H,6H2,1H3. The average molecular weight is 375 g/mol. The number of hydrogen-bond acceptors (Lipinski definition) is 4. The Hall–Kier alpha value is -2.07. The number of aromatic nitrogens is 2. The molecule has 0 saturated heterocycles. The van der Waals surface area contributed by atoms with E-state index in [1.165, 1.54) is 42.0 Å². The molecule has 0 aliphatic rings. The lowest BCUT2D eigenvalue weighted by molar-refractivity contribution is 0.121. The van der Waals surface area contributed by atoms with Crippen LogP contribution in [0.5, 0.6) is 0 Å². The highest BCUT2D eigenvalue weighted by Crippen LogP contribution is 2.31. The summed E-state index contributed by atoms with van der Waals surface area (Å²) in [5, 5.41) is 5.43. The number of benzene rings is 1. The van der Waals surface area contributed by atoms with Crippen LogP contribution >= 0.6 is 11.3 Å². The quantitative estimate of drug-likeness (QED) is 0.741. The zero-order valence-electron chi connectivity index (χ0n) is 12.3. The minimum absolute atomic E-state index is 0.0667. The fourth-order valence-corrected chi connectivity index (χ4v) is 4.82. The Bertz CT molecular complexity index is 996. The monoisotopic (exact) mass is 375 g/mol. The summed E-state index contributed by atoms with van der Waals surface area (Å²) in [5.41, 5.74) is 0.371. The second kappa shape index (κ2) is 6.10. The maximum Gasteiger partial charge on any atom is 0.263 e. The molecule has 5 nitrogen and oxygen atoms in total. The van der Waals surface area contributed by atoms with Gasteiger partial charge < -0.3 is 0 Å². The number of anilines is 1. The van der Waals surface area contributed by atoms with E-state index in [1.807, 2.05) is 0 Å². The number of sulfonamides is 1. The van der Waals surface area contributed by atoms with Crippen molar-refractivity contribution in [2.45, 2.75) is 24.8 Å². The number of rotatable bonds is 5. The zero-order chi connectivity index (χ0) is 17.5. The Balaban J connectivity index is 1.96. The molecule has 0 saturated carbocycles. The predicted molar refractivity (Wildman–Crippen MR) is 85.6 cm³/mol. The Morgan fingerprint density at radius 3 is 2.83 bits per heavy atom. The van der Waals surface area contributed by atoms with E-state index in [9.17, 15) is 21.6 Å². The lowest BCUT2D eigenvalue weighted by atomic mass is 10.2. The molecule has 3 rings (SSSR count). The Morgan fingerprint density at radius 1 is 1.38 bits per heavy atom. The maximum atomic E-state index is 13.4. The van der Waals surface area contributed by atoms with Crippen molar-refractivity contribution in [1.82, 2.24) is 9.78 Å². The SMILES string of the molecule is Cc1c(NS(=O)(=O)c2csc3ccc(F)cc23)cnn1CC(F)F.